The fourth-order valence-electron chi connectivity index (χ4n) is 0.923. The molecule has 0 amide bonds. The van der Waals surface area contributed by atoms with Gasteiger partial charge in [-0.25, -0.2) is 4.79 Å². The van der Waals surface area contributed by atoms with Gasteiger partial charge in [0.15, 0.2) is 0 Å². The standard InChI is InChI=1S/C8H12O2/c9-8(10)4-2-1-3-7-5-6-7/h2,4,7H,1,3,5-6H2,(H,9,10). The Hall–Kier alpha value is -0.790. The highest BCUT2D eigenvalue weighted by Gasteiger charge is 2.19. The summed E-state index contributed by atoms with van der Waals surface area (Å²) < 4.78 is 0. The average Bonchev–Trinajstić information content (AvgIpc) is 2.62. The van der Waals surface area contributed by atoms with Crippen LogP contribution in [0.3, 0.4) is 0 Å². The van der Waals surface area contributed by atoms with Gasteiger partial charge in [0.05, 0.1) is 0 Å². The first-order valence-corrected chi connectivity index (χ1v) is 3.68. The number of carboxylic acid groups (broad SMARTS) is 1. The van der Waals surface area contributed by atoms with Gasteiger partial charge in [0.2, 0.25) is 0 Å². The van der Waals surface area contributed by atoms with E-state index >= 15 is 0 Å². The molecule has 0 heterocycles. The van der Waals surface area contributed by atoms with E-state index in [0.29, 0.717) is 0 Å². The molecule has 1 N–H and O–H groups in total. The molecule has 10 heavy (non-hydrogen) atoms. The number of carboxylic acids is 1. The minimum absolute atomic E-state index is 0.837. The molecule has 1 rings (SSSR count). The van der Waals surface area contributed by atoms with Crippen LogP contribution in [0.25, 0.3) is 0 Å². The Bertz CT molecular complexity index is 145. The van der Waals surface area contributed by atoms with Gasteiger partial charge >= 0.3 is 5.97 Å². The summed E-state index contributed by atoms with van der Waals surface area (Å²) in [5.74, 6) is 0.0641. The largest absolute Gasteiger partial charge is 0.478 e. The first-order valence-electron chi connectivity index (χ1n) is 3.68. The van der Waals surface area contributed by atoms with Gasteiger partial charge in [-0.2, -0.15) is 0 Å². The van der Waals surface area contributed by atoms with Crippen molar-refractivity contribution in [1.82, 2.24) is 0 Å². The minimum atomic E-state index is -0.837. The van der Waals surface area contributed by atoms with E-state index in [4.69, 9.17) is 5.11 Å². The van der Waals surface area contributed by atoms with Crippen molar-refractivity contribution < 1.29 is 9.90 Å². The third kappa shape index (κ3) is 3.28. The van der Waals surface area contributed by atoms with Crippen LogP contribution in [0.15, 0.2) is 12.2 Å². The quantitative estimate of drug-likeness (QED) is 0.605. The topological polar surface area (TPSA) is 37.3 Å². The van der Waals surface area contributed by atoms with E-state index in [1.165, 1.54) is 25.3 Å². The molecule has 0 aliphatic heterocycles. The Morgan fingerprint density at radius 1 is 1.60 bits per heavy atom. The Morgan fingerprint density at radius 3 is 2.80 bits per heavy atom. The summed E-state index contributed by atoms with van der Waals surface area (Å²) in [6, 6.07) is 0. The second-order valence-corrected chi connectivity index (χ2v) is 2.76. The summed E-state index contributed by atoms with van der Waals surface area (Å²) in [7, 11) is 0. The molecule has 1 aliphatic rings. The summed E-state index contributed by atoms with van der Waals surface area (Å²) in [5, 5.41) is 8.21. The molecule has 1 aliphatic carbocycles. The van der Waals surface area contributed by atoms with Crippen molar-refractivity contribution in [3.8, 4) is 0 Å². The van der Waals surface area contributed by atoms with Crippen LogP contribution in [0.1, 0.15) is 25.7 Å². The molecule has 1 saturated carbocycles. The van der Waals surface area contributed by atoms with Crippen LogP contribution in [0.2, 0.25) is 0 Å². The van der Waals surface area contributed by atoms with Gasteiger partial charge in [-0.05, 0) is 18.8 Å². The van der Waals surface area contributed by atoms with E-state index in [2.05, 4.69) is 0 Å². The molecule has 0 atom stereocenters. The second-order valence-electron chi connectivity index (χ2n) is 2.76. The van der Waals surface area contributed by atoms with Gasteiger partial charge in [-0.1, -0.05) is 18.9 Å². The Labute approximate surface area is 60.6 Å². The minimum Gasteiger partial charge on any atom is -0.478 e. The highest BCUT2D eigenvalue weighted by molar-refractivity contribution is 5.79. The normalized spacial score (nSPS) is 18.0. The Kier molecular flexibility index (Phi) is 2.49. The van der Waals surface area contributed by atoms with Gasteiger partial charge in [0.25, 0.3) is 0 Å². The Morgan fingerprint density at radius 2 is 2.30 bits per heavy atom. The van der Waals surface area contributed by atoms with E-state index in [-0.39, 0.29) is 0 Å². The third-order valence-electron chi connectivity index (χ3n) is 1.70. The van der Waals surface area contributed by atoms with Crippen LogP contribution in [-0.2, 0) is 4.79 Å². The van der Waals surface area contributed by atoms with Crippen molar-refractivity contribution in [2.45, 2.75) is 25.7 Å². The van der Waals surface area contributed by atoms with Crippen molar-refractivity contribution in [2.75, 3.05) is 0 Å². The van der Waals surface area contributed by atoms with Crippen molar-refractivity contribution in [1.29, 1.82) is 0 Å². The lowest BCUT2D eigenvalue weighted by Gasteiger charge is -1.87. The zero-order valence-corrected chi connectivity index (χ0v) is 5.92. The number of hydrogen-bond acceptors (Lipinski definition) is 1. The molecule has 0 saturated heterocycles. The molecular formula is C8H12O2. The number of hydrogen-bond donors (Lipinski definition) is 1. The fourth-order valence-corrected chi connectivity index (χ4v) is 0.923. The van der Waals surface area contributed by atoms with E-state index in [9.17, 15) is 4.79 Å². The summed E-state index contributed by atoms with van der Waals surface area (Å²) >= 11 is 0. The van der Waals surface area contributed by atoms with Crippen molar-refractivity contribution >= 4 is 5.97 Å². The van der Waals surface area contributed by atoms with Crippen LogP contribution < -0.4 is 0 Å². The molecular weight excluding hydrogens is 128 g/mol. The summed E-state index contributed by atoms with van der Waals surface area (Å²) in [6.07, 6.45) is 7.76. The van der Waals surface area contributed by atoms with Crippen LogP contribution in [-0.4, -0.2) is 11.1 Å². The molecule has 0 aromatic rings. The lowest BCUT2D eigenvalue weighted by Crippen LogP contribution is -1.85. The average molecular weight is 140 g/mol. The van der Waals surface area contributed by atoms with Gasteiger partial charge < -0.3 is 5.11 Å². The fraction of sp³-hybridized carbons (Fsp3) is 0.625. The molecule has 0 aromatic carbocycles. The summed E-state index contributed by atoms with van der Waals surface area (Å²) in [4.78, 5) is 9.97. The molecule has 0 aromatic heterocycles. The first kappa shape index (κ1) is 7.32. The lowest BCUT2D eigenvalue weighted by molar-refractivity contribution is -0.131. The maximum absolute atomic E-state index is 9.97. The number of allylic oxidation sites excluding steroid dienone is 1. The van der Waals surface area contributed by atoms with E-state index < -0.39 is 5.97 Å². The van der Waals surface area contributed by atoms with Crippen LogP contribution >= 0.6 is 0 Å². The van der Waals surface area contributed by atoms with Gasteiger partial charge in [0.1, 0.15) is 0 Å². The maximum atomic E-state index is 9.97. The second kappa shape index (κ2) is 3.40. The monoisotopic (exact) mass is 140 g/mol. The number of aliphatic carboxylic acids is 1. The van der Waals surface area contributed by atoms with E-state index in [0.717, 1.165) is 12.3 Å². The predicted octanol–water partition coefficient (Wildman–Crippen LogP) is 1.82. The highest BCUT2D eigenvalue weighted by Crippen LogP contribution is 2.33. The van der Waals surface area contributed by atoms with Crippen molar-refractivity contribution in [3.05, 3.63) is 12.2 Å². The van der Waals surface area contributed by atoms with Gasteiger partial charge in [0, 0.05) is 6.08 Å². The predicted molar refractivity (Wildman–Crippen MR) is 38.7 cm³/mol. The lowest BCUT2D eigenvalue weighted by atomic mass is 10.2. The summed E-state index contributed by atoms with van der Waals surface area (Å²) in [6.45, 7) is 0. The van der Waals surface area contributed by atoms with Crippen LogP contribution in [0.5, 0.6) is 0 Å². The van der Waals surface area contributed by atoms with E-state index in [1.54, 1.807) is 6.08 Å². The zero-order chi connectivity index (χ0) is 7.40. The van der Waals surface area contributed by atoms with Crippen molar-refractivity contribution in [3.63, 3.8) is 0 Å². The summed E-state index contributed by atoms with van der Waals surface area (Å²) in [5.41, 5.74) is 0. The van der Waals surface area contributed by atoms with E-state index in [1.807, 2.05) is 0 Å². The van der Waals surface area contributed by atoms with Crippen molar-refractivity contribution in [2.24, 2.45) is 5.92 Å². The molecule has 0 unspecified atom stereocenters. The molecule has 2 nitrogen and oxygen atoms in total. The molecule has 56 valence electrons. The van der Waals surface area contributed by atoms with Gasteiger partial charge in [-0.15, -0.1) is 0 Å². The maximum Gasteiger partial charge on any atom is 0.327 e. The van der Waals surface area contributed by atoms with Crippen LogP contribution in [0.4, 0.5) is 0 Å². The Balaban J connectivity index is 1.97. The SMILES string of the molecule is O=C(O)C=CCCC1CC1. The molecule has 0 radical (unpaired) electrons. The molecule has 0 bridgehead atoms. The van der Waals surface area contributed by atoms with Gasteiger partial charge in [-0.3, -0.25) is 0 Å². The van der Waals surface area contributed by atoms with Crippen LogP contribution in [0, 0.1) is 5.92 Å². The zero-order valence-electron chi connectivity index (χ0n) is 5.92. The molecule has 0 spiro atoms. The number of rotatable bonds is 4. The number of carbonyl (C=O) groups is 1. The molecule has 1 fully saturated rings. The first-order chi connectivity index (χ1) is 4.79. The smallest absolute Gasteiger partial charge is 0.327 e. The third-order valence-corrected chi connectivity index (χ3v) is 1.70. The highest BCUT2D eigenvalue weighted by atomic mass is 16.4. The molecule has 2 heteroatoms.